The average molecular weight is 312 g/mol. The van der Waals surface area contributed by atoms with Crippen molar-refractivity contribution in [3.63, 3.8) is 0 Å². The topological polar surface area (TPSA) is 59.9 Å². The van der Waals surface area contributed by atoms with E-state index < -0.39 is 0 Å². The van der Waals surface area contributed by atoms with Crippen molar-refractivity contribution in [1.82, 2.24) is 20.3 Å². The third kappa shape index (κ3) is 2.44. The third-order valence-electron chi connectivity index (χ3n) is 3.79. The first-order chi connectivity index (χ1) is 10.8. The lowest BCUT2D eigenvalue weighted by Gasteiger charge is -2.13. The van der Waals surface area contributed by atoms with Crippen molar-refractivity contribution < 1.29 is 4.74 Å². The molecule has 0 spiro atoms. The van der Waals surface area contributed by atoms with Gasteiger partial charge < -0.3 is 10.1 Å². The molecule has 0 radical (unpaired) electrons. The van der Waals surface area contributed by atoms with Crippen LogP contribution in [0.4, 0.5) is 0 Å². The molecule has 1 aliphatic heterocycles. The Balaban J connectivity index is 1.82. The van der Waals surface area contributed by atoms with Gasteiger partial charge in [-0.1, -0.05) is 0 Å². The molecule has 1 aliphatic rings. The third-order valence-corrected chi connectivity index (χ3v) is 4.87. The van der Waals surface area contributed by atoms with Crippen molar-refractivity contribution in [1.29, 1.82) is 0 Å². The first kappa shape index (κ1) is 13.6. The van der Waals surface area contributed by atoms with Crippen LogP contribution in [-0.4, -0.2) is 34.1 Å². The molecule has 0 bridgehead atoms. The molecule has 4 rings (SSSR count). The second-order valence-corrected chi connectivity index (χ2v) is 6.30. The Bertz CT molecular complexity index is 797. The van der Waals surface area contributed by atoms with Crippen LogP contribution in [-0.2, 0) is 0 Å². The standard InChI is InChI=1S/C16H16N4OS/c1-10-9-22-14-13(10)19-15(11-2-5-17-6-3-11)20-16(14)21-12-4-7-18-8-12/h2-3,5-6,9,12,18H,4,7-8H2,1H3/t12-/m0/s1. The maximum Gasteiger partial charge on any atom is 0.235 e. The van der Waals surface area contributed by atoms with Gasteiger partial charge in [-0.25, -0.2) is 4.98 Å². The molecule has 1 atom stereocenters. The summed E-state index contributed by atoms with van der Waals surface area (Å²) in [5, 5.41) is 5.43. The van der Waals surface area contributed by atoms with Crippen molar-refractivity contribution in [3.8, 4) is 17.3 Å². The minimum atomic E-state index is 0.186. The highest BCUT2D eigenvalue weighted by Crippen LogP contribution is 2.34. The fourth-order valence-corrected chi connectivity index (χ4v) is 3.52. The van der Waals surface area contributed by atoms with Gasteiger partial charge in [-0.15, -0.1) is 11.3 Å². The number of nitrogens with zero attached hydrogens (tertiary/aromatic N) is 3. The van der Waals surface area contributed by atoms with Crippen LogP contribution in [0.5, 0.6) is 5.88 Å². The maximum absolute atomic E-state index is 6.15. The minimum absolute atomic E-state index is 0.186. The lowest BCUT2D eigenvalue weighted by molar-refractivity contribution is 0.217. The van der Waals surface area contributed by atoms with Crippen molar-refractivity contribution >= 4 is 21.6 Å². The highest BCUT2D eigenvalue weighted by molar-refractivity contribution is 7.17. The monoisotopic (exact) mass is 312 g/mol. The van der Waals surface area contributed by atoms with Crippen LogP contribution < -0.4 is 10.1 Å². The van der Waals surface area contributed by atoms with Gasteiger partial charge in [0.25, 0.3) is 0 Å². The summed E-state index contributed by atoms with van der Waals surface area (Å²) in [7, 11) is 0. The van der Waals surface area contributed by atoms with Crippen LogP contribution in [0.25, 0.3) is 21.6 Å². The summed E-state index contributed by atoms with van der Waals surface area (Å²) in [4.78, 5) is 13.4. The fourth-order valence-electron chi connectivity index (χ4n) is 2.60. The second-order valence-electron chi connectivity index (χ2n) is 5.42. The molecule has 4 heterocycles. The van der Waals surface area contributed by atoms with Gasteiger partial charge in [0.1, 0.15) is 10.8 Å². The van der Waals surface area contributed by atoms with Crippen molar-refractivity contribution in [3.05, 3.63) is 35.5 Å². The Morgan fingerprint density at radius 1 is 1.27 bits per heavy atom. The van der Waals surface area contributed by atoms with Gasteiger partial charge >= 0.3 is 0 Å². The number of aryl methyl sites for hydroxylation is 1. The Kier molecular flexibility index (Phi) is 3.48. The highest BCUT2D eigenvalue weighted by Gasteiger charge is 2.20. The van der Waals surface area contributed by atoms with Crippen LogP contribution in [0.1, 0.15) is 12.0 Å². The molecule has 112 valence electrons. The van der Waals surface area contributed by atoms with Crippen molar-refractivity contribution in [2.75, 3.05) is 13.1 Å². The zero-order valence-corrected chi connectivity index (χ0v) is 13.1. The van der Waals surface area contributed by atoms with Crippen LogP contribution in [0.3, 0.4) is 0 Å². The van der Waals surface area contributed by atoms with E-state index in [0.717, 1.165) is 40.9 Å². The van der Waals surface area contributed by atoms with Crippen LogP contribution in [0, 0.1) is 6.92 Å². The van der Waals surface area contributed by atoms with E-state index in [1.54, 1.807) is 23.7 Å². The van der Waals surface area contributed by atoms with Crippen LogP contribution >= 0.6 is 11.3 Å². The predicted molar refractivity (Wildman–Crippen MR) is 87.3 cm³/mol. The van der Waals surface area contributed by atoms with Gasteiger partial charge in [-0.05, 0) is 43.0 Å². The van der Waals surface area contributed by atoms with E-state index in [1.165, 1.54) is 0 Å². The molecule has 22 heavy (non-hydrogen) atoms. The number of thiophene rings is 1. The Hall–Kier alpha value is -2.05. The van der Waals surface area contributed by atoms with Gasteiger partial charge in [-0.3, -0.25) is 4.98 Å². The summed E-state index contributed by atoms with van der Waals surface area (Å²) < 4.78 is 7.18. The number of pyridine rings is 1. The molecular formula is C16H16N4OS. The summed E-state index contributed by atoms with van der Waals surface area (Å²) in [6, 6.07) is 3.84. The first-order valence-electron chi connectivity index (χ1n) is 7.35. The zero-order valence-electron chi connectivity index (χ0n) is 12.2. The van der Waals surface area contributed by atoms with Gasteiger partial charge in [0.2, 0.25) is 5.88 Å². The Morgan fingerprint density at radius 3 is 2.91 bits per heavy atom. The number of ether oxygens (including phenoxy) is 1. The molecule has 0 unspecified atom stereocenters. The number of hydrogen-bond acceptors (Lipinski definition) is 6. The molecule has 0 amide bonds. The van der Waals surface area contributed by atoms with E-state index in [4.69, 9.17) is 9.72 Å². The Morgan fingerprint density at radius 2 is 2.14 bits per heavy atom. The number of fused-ring (bicyclic) bond motifs is 1. The molecule has 3 aromatic rings. The normalized spacial score (nSPS) is 18.0. The molecule has 5 nitrogen and oxygen atoms in total. The maximum atomic E-state index is 6.15. The van der Waals surface area contributed by atoms with Crippen LogP contribution in [0.2, 0.25) is 0 Å². The van der Waals surface area contributed by atoms with E-state index in [9.17, 15) is 0 Å². The van der Waals surface area contributed by atoms with E-state index >= 15 is 0 Å². The van der Waals surface area contributed by atoms with E-state index in [-0.39, 0.29) is 6.10 Å². The lowest BCUT2D eigenvalue weighted by atomic mass is 10.2. The van der Waals surface area contributed by atoms with Crippen molar-refractivity contribution in [2.24, 2.45) is 0 Å². The molecule has 0 saturated carbocycles. The van der Waals surface area contributed by atoms with Crippen molar-refractivity contribution in [2.45, 2.75) is 19.4 Å². The summed E-state index contributed by atoms with van der Waals surface area (Å²) >= 11 is 1.65. The fraction of sp³-hybridized carbons (Fsp3) is 0.312. The van der Waals surface area contributed by atoms with Gasteiger partial charge in [-0.2, -0.15) is 4.98 Å². The largest absolute Gasteiger partial charge is 0.472 e. The van der Waals surface area contributed by atoms with E-state index in [0.29, 0.717) is 11.7 Å². The minimum Gasteiger partial charge on any atom is -0.472 e. The number of hydrogen-bond donors (Lipinski definition) is 1. The lowest BCUT2D eigenvalue weighted by Crippen LogP contribution is -2.20. The molecule has 1 fully saturated rings. The first-order valence-corrected chi connectivity index (χ1v) is 8.23. The molecular weight excluding hydrogens is 296 g/mol. The summed E-state index contributed by atoms with van der Waals surface area (Å²) in [5.41, 5.74) is 3.09. The zero-order chi connectivity index (χ0) is 14.9. The summed E-state index contributed by atoms with van der Waals surface area (Å²) in [6.45, 7) is 3.95. The van der Waals surface area contributed by atoms with Gasteiger partial charge in [0.05, 0.1) is 5.52 Å². The van der Waals surface area contributed by atoms with E-state index in [2.05, 4.69) is 27.6 Å². The average Bonchev–Trinajstić information content (AvgIpc) is 3.19. The second kappa shape index (κ2) is 5.62. The SMILES string of the molecule is Cc1csc2c(O[C@H]3CCNC3)nc(-c3ccncc3)nc12. The quantitative estimate of drug-likeness (QED) is 0.806. The molecule has 6 heteroatoms. The number of aromatic nitrogens is 3. The molecule has 0 aliphatic carbocycles. The summed E-state index contributed by atoms with van der Waals surface area (Å²) in [6.07, 6.45) is 4.71. The molecule has 3 aromatic heterocycles. The smallest absolute Gasteiger partial charge is 0.235 e. The predicted octanol–water partition coefficient (Wildman–Crippen LogP) is 2.80. The summed E-state index contributed by atoms with van der Waals surface area (Å²) in [5.74, 6) is 1.39. The number of rotatable bonds is 3. The number of nitrogens with one attached hydrogen (secondary N) is 1. The molecule has 0 aromatic carbocycles. The highest BCUT2D eigenvalue weighted by atomic mass is 32.1. The van der Waals surface area contributed by atoms with Crippen LogP contribution in [0.15, 0.2) is 29.9 Å². The van der Waals surface area contributed by atoms with E-state index in [1.807, 2.05) is 12.1 Å². The van der Waals surface area contributed by atoms with Gasteiger partial charge in [0, 0.05) is 24.5 Å². The van der Waals surface area contributed by atoms with Gasteiger partial charge in [0.15, 0.2) is 5.82 Å². The Labute approximate surface area is 132 Å². The molecule has 1 saturated heterocycles. The molecule has 1 N–H and O–H groups in total.